The number of rotatable bonds is 4. The quantitative estimate of drug-likeness (QED) is 0.865. The highest BCUT2D eigenvalue weighted by Crippen LogP contribution is 2.38. The summed E-state index contributed by atoms with van der Waals surface area (Å²) in [6, 6.07) is 0. The lowest BCUT2D eigenvalue weighted by atomic mass is 9.81. The summed E-state index contributed by atoms with van der Waals surface area (Å²) in [4.78, 5) is 14.9. The van der Waals surface area contributed by atoms with Crippen molar-refractivity contribution in [3.8, 4) is 0 Å². The topological polar surface area (TPSA) is 46.3 Å². The molecule has 0 aromatic rings. The van der Waals surface area contributed by atoms with Crippen molar-refractivity contribution in [1.82, 2.24) is 4.90 Å². The predicted octanol–water partition coefficient (Wildman–Crippen LogP) is 2.82. The lowest BCUT2D eigenvalue weighted by molar-refractivity contribution is -0.141. The molecule has 1 aliphatic heterocycles. The van der Waals surface area contributed by atoms with Gasteiger partial charge in [-0.15, -0.1) is 12.4 Å². The summed E-state index contributed by atoms with van der Waals surface area (Å²) in [5, 5.41) is 0. The van der Waals surface area contributed by atoms with Crippen molar-refractivity contribution in [1.29, 1.82) is 0 Å². The molecule has 2 rings (SSSR count). The third-order valence-corrected chi connectivity index (χ3v) is 5.46. The second kappa shape index (κ2) is 6.94. The van der Waals surface area contributed by atoms with Crippen LogP contribution in [0.2, 0.25) is 0 Å². The number of hydrogen-bond donors (Lipinski definition) is 1. The zero-order valence-electron chi connectivity index (χ0n) is 12.4. The van der Waals surface area contributed by atoms with Crippen molar-refractivity contribution in [3.63, 3.8) is 0 Å². The maximum atomic E-state index is 12.7. The molecule has 0 radical (unpaired) electrons. The van der Waals surface area contributed by atoms with Crippen LogP contribution in [0.3, 0.4) is 0 Å². The highest BCUT2D eigenvalue weighted by molar-refractivity contribution is 5.85. The van der Waals surface area contributed by atoms with Crippen molar-refractivity contribution in [2.24, 2.45) is 23.0 Å². The molecule has 0 spiro atoms. The number of carbonyl (C=O) groups excluding carboxylic acids is 1. The van der Waals surface area contributed by atoms with E-state index in [2.05, 4.69) is 18.7 Å². The van der Waals surface area contributed by atoms with E-state index in [1.165, 1.54) is 25.7 Å². The van der Waals surface area contributed by atoms with E-state index in [-0.39, 0.29) is 17.8 Å². The van der Waals surface area contributed by atoms with E-state index in [9.17, 15) is 4.79 Å². The third kappa shape index (κ3) is 3.08. The van der Waals surface area contributed by atoms with Crippen molar-refractivity contribution in [3.05, 3.63) is 0 Å². The first-order valence-electron chi connectivity index (χ1n) is 7.66. The Bertz CT molecular complexity index is 282. The first-order valence-corrected chi connectivity index (χ1v) is 7.66. The molecule has 2 unspecified atom stereocenters. The smallest absolute Gasteiger partial charge is 0.230 e. The summed E-state index contributed by atoms with van der Waals surface area (Å²) >= 11 is 0. The minimum Gasteiger partial charge on any atom is -0.342 e. The first-order chi connectivity index (χ1) is 8.66. The van der Waals surface area contributed by atoms with Crippen LogP contribution in [0.25, 0.3) is 0 Å². The van der Waals surface area contributed by atoms with Gasteiger partial charge in [-0.2, -0.15) is 0 Å². The highest BCUT2D eigenvalue weighted by atomic mass is 35.5. The Morgan fingerprint density at radius 3 is 2.00 bits per heavy atom. The molecule has 19 heavy (non-hydrogen) atoms. The minimum absolute atomic E-state index is 0. The summed E-state index contributed by atoms with van der Waals surface area (Å²) in [5.41, 5.74) is 5.60. The van der Waals surface area contributed by atoms with Crippen LogP contribution in [0, 0.1) is 17.3 Å². The molecule has 112 valence electrons. The van der Waals surface area contributed by atoms with E-state index < -0.39 is 0 Å². The summed E-state index contributed by atoms with van der Waals surface area (Å²) < 4.78 is 0. The van der Waals surface area contributed by atoms with Gasteiger partial charge in [0, 0.05) is 19.6 Å². The van der Waals surface area contributed by atoms with Crippen LogP contribution >= 0.6 is 12.4 Å². The zero-order valence-corrected chi connectivity index (χ0v) is 13.2. The van der Waals surface area contributed by atoms with Crippen LogP contribution in [0.5, 0.6) is 0 Å². The van der Waals surface area contributed by atoms with Crippen LogP contribution < -0.4 is 5.73 Å². The summed E-state index contributed by atoms with van der Waals surface area (Å²) in [6.07, 6.45) is 7.08. The molecule has 2 N–H and O–H groups in total. The SMILES string of the molecule is CCC(CC)(CN)C(=O)N1CC2CCCCC2C1.Cl. The predicted molar refractivity (Wildman–Crippen MR) is 81.3 cm³/mol. The maximum Gasteiger partial charge on any atom is 0.230 e. The van der Waals surface area contributed by atoms with E-state index in [0.29, 0.717) is 12.5 Å². The Morgan fingerprint density at radius 2 is 1.63 bits per heavy atom. The first kappa shape index (κ1) is 16.8. The van der Waals surface area contributed by atoms with Crippen LogP contribution in [0.15, 0.2) is 0 Å². The zero-order chi connectivity index (χ0) is 13.2. The van der Waals surface area contributed by atoms with Crippen LogP contribution in [-0.2, 0) is 4.79 Å². The molecule has 1 saturated carbocycles. The standard InChI is InChI=1S/C15H28N2O.ClH/c1-3-15(4-2,11-16)14(18)17-9-12-7-5-6-8-13(12)10-17;/h12-13H,3-11,16H2,1-2H3;1H. The average Bonchev–Trinajstić information content (AvgIpc) is 2.85. The number of carbonyl (C=O) groups is 1. The van der Waals surface area contributed by atoms with Crippen molar-refractivity contribution >= 4 is 18.3 Å². The van der Waals surface area contributed by atoms with Gasteiger partial charge in [-0.3, -0.25) is 4.79 Å². The van der Waals surface area contributed by atoms with Gasteiger partial charge in [0.25, 0.3) is 0 Å². The maximum absolute atomic E-state index is 12.7. The Balaban J connectivity index is 0.00000180. The molecule has 1 saturated heterocycles. The Kier molecular flexibility index (Phi) is 6.13. The lowest BCUT2D eigenvalue weighted by Crippen LogP contribution is -2.46. The van der Waals surface area contributed by atoms with Crippen LogP contribution in [0.1, 0.15) is 52.4 Å². The third-order valence-electron chi connectivity index (χ3n) is 5.46. The van der Waals surface area contributed by atoms with Gasteiger partial charge in [0.2, 0.25) is 5.91 Å². The Hall–Kier alpha value is -0.280. The van der Waals surface area contributed by atoms with E-state index in [0.717, 1.165) is 37.8 Å². The molecule has 3 nitrogen and oxygen atoms in total. The molecule has 1 amide bonds. The largest absolute Gasteiger partial charge is 0.342 e. The molecule has 2 fully saturated rings. The molecular weight excluding hydrogens is 260 g/mol. The van der Waals surface area contributed by atoms with Crippen molar-refractivity contribution < 1.29 is 4.79 Å². The van der Waals surface area contributed by atoms with Gasteiger partial charge < -0.3 is 10.6 Å². The molecule has 4 heteroatoms. The molecule has 0 aromatic heterocycles. The number of nitrogens with two attached hydrogens (primary N) is 1. The number of likely N-dealkylation sites (tertiary alicyclic amines) is 1. The molecule has 0 aromatic carbocycles. The van der Waals surface area contributed by atoms with E-state index >= 15 is 0 Å². The second-order valence-corrected chi connectivity index (χ2v) is 6.21. The van der Waals surface area contributed by atoms with Crippen molar-refractivity contribution in [2.45, 2.75) is 52.4 Å². The van der Waals surface area contributed by atoms with E-state index in [1.54, 1.807) is 0 Å². The summed E-state index contributed by atoms with van der Waals surface area (Å²) in [6.45, 7) is 6.66. The number of halogens is 1. The molecule has 1 aliphatic carbocycles. The highest BCUT2D eigenvalue weighted by Gasteiger charge is 2.43. The average molecular weight is 289 g/mol. The monoisotopic (exact) mass is 288 g/mol. The number of hydrogen-bond acceptors (Lipinski definition) is 2. The van der Waals surface area contributed by atoms with Gasteiger partial charge in [0.15, 0.2) is 0 Å². The number of amides is 1. The number of nitrogens with zero attached hydrogens (tertiary/aromatic N) is 1. The lowest BCUT2D eigenvalue weighted by Gasteiger charge is -2.33. The van der Waals surface area contributed by atoms with Gasteiger partial charge in [-0.1, -0.05) is 26.7 Å². The molecule has 1 heterocycles. The summed E-state index contributed by atoms with van der Waals surface area (Å²) in [5.74, 6) is 1.86. The fourth-order valence-corrected chi connectivity index (χ4v) is 3.84. The van der Waals surface area contributed by atoms with E-state index in [1.807, 2.05) is 0 Å². The van der Waals surface area contributed by atoms with Gasteiger partial charge in [0.1, 0.15) is 0 Å². The van der Waals surface area contributed by atoms with Crippen molar-refractivity contribution in [2.75, 3.05) is 19.6 Å². The minimum atomic E-state index is -0.298. The van der Waals surface area contributed by atoms with Crippen LogP contribution in [-0.4, -0.2) is 30.4 Å². The van der Waals surface area contributed by atoms with Gasteiger partial charge in [0.05, 0.1) is 5.41 Å². The molecule has 2 aliphatic rings. The second-order valence-electron chi connectivity index (χ2n) is 6.21. The van der Waals surface area contributed by atoms with Gasteiger partial charge in [-0.05, 0) is 37.5 Å². The molecule has 0 bridgehead atoms. The normalized spacial score (nSPS) is 26.8. The van der Waals surface area contributed by atoms with E-state index in [4.69, 9.17) is 5.73 Å². The fourth-order valence-electron chi connectivity index (χ4n) is 3.84. The fraction of sp³-hybridized carbons (Fsp3) is 0.933. The molecular formula is C15H29ClN2O. The Labute approximate surface area is 123 Å². The summed E-state index contributed by atoms with van der Waals surface area (Å²) in [7, 11) is 0. The van der Waals surface area contributed by atoms with Gasteiger partial charge in [-0.25, -0.2) is 0 Å². The van der Waals surface area contributed by atoms with Crippen LogP contribution in [0.4, 0.5) is 0 Å². The van der Waals surface area contributed by atoms with Gasteiger partial charge >= 0.3 is 0 Å². The molecule has 2 atom stereocenters. The Morgan fingerprint density at radius 1 is 1.16 bits per heavy atom. The number of fused-ring (bicyclic) bond motifs is 1.